The van der Waals surface area contributed by atoms with Crippen molar-refractivity contribution in [1.29, 1.82) is 0 Å². The Morgan fingerprint density at radius 1 is 1.30 bits per heavy atom. The van der Waals surface area contributed by atoms with Gasteiger partial charge in [0.1, 0.15) is 11.9 Å². The number of benzene rings is 1. The Hall–Kier alpha value is -1.36. The van der Waals surface area contributed by atoms with Crippen LogP contribution < -0.4 is 0 Å². The number of rotatable bonds is 7. The van der Waals surface area contributed by atoms with Crippen LogP contribution >= 0.6 is 11.6 Å². The predicted octanol–water partition coefficient (Wildman–Crippen LogP) is 3.36. The van der Waals surface area contributed by atoms with Crippen LogP contribution in [0.25, 0.3) is 0 Å². The van der Waals surface area contributed by atoms with Crippen molar-refractivity contribution >= 4 is 11.6 Å². The van der Waals surface area contributed by atoms with Crippen molar-refractivity contribution in [2.45, 2.75) is 24.8 Å². The Balaban J connectivity index is 1.74. The largest absolute Gasteiger partial charge is 0.364 e. The molecule has 0 radical (unpaired) electrons. The monoisotopic (exact) mass is 333 g/mol. The Morgan fingerprint density at radius 3 is 2.83 bits per heavy atom. The van der Waals surface area contributed by atoms with Crippen LogP contribution in [0.3, 0.4) is 0 Å². The summed E-state index contributed by atoms with van der Waals surface area (Å²) in [6.07, 6.45) is 6.23. The van der Waals surface area contributed by atoms with E-state index in [-0.39, 0.29) is 6.10 Å². The highest BCUT2D eigenvalue weighted by molar-refractivity contribution is 6.17. The molecule has 3 rings (SSSR count). The van der Waals surface area contributed by atoms with Crippen molar-refractivity contribution < 1.29 is 4.74 Å². The van der Waals surface area contributed by atoms with Crippen LogP contribution in [0.2, 0.25) is 0 Å². The zero-order valence-electron chi connectivity index (χ0n) is 13.6. The highest BCUT2D eigenvalue weighted by Crippen LogP contribution is 2.26. The number of ether oxygens (including phenoxy) is 1. The lowest BCUT2D eigenvalue weighted by Gasteiger charge is -2.21. The first-order valence-electron chi connectivity index (χ1n) is 8.24. The molecule has 1 aliphatic heterocycles. The maximum absolute atomic E-state index is 6.25. The van der Waals surface area contributed by atoms with Crippen molar-refractivity contribution in [1.82, 2.24) is 14.5 Å². The number of imidazole rings is 1. The summed E-state index contributed by atoms with van der Waals surface area (Å²) in [5.41, 5.74) is 2.21. The Kier molecular flexibility index (Phi) is 5.70. The van der Waals surface area contributed by atoms with Gasteiger partial charge >= 0.3 is 0 Å². The lowest BCUT2D eigenvalue weighted by atomic mass is 10.1. The summed E-state index contributed by atoms with van der Waals surface area (Å²) in [4.78, 5) is 6.95. The smallest absolute Gasteiger partial charge is 0.142 e. The standard InChI is InChI=1S/C18H24ClN3O/c1-21-10-7-20-18(21)17(16-6-4-5-15(13-16)14-19)23-12-11-22-8-2-3-9-22/h4-7,10,13,17H,2-3,8-9,11-12,14H2,1H3. The number of halogens is 1. The van der Waals surface area contributed by atoms with Crippen LogP contribution in [0.4, 0.5) is 0 Å². The number of nitrogens with zero attached hydrogens (tertiary/aromatic N) is 3. The van der Waals surface area contributed by atoms with Crippen molar-refractivity contribution in [3.8, 4) is 0 Å². The van der Waals surface area contributed by atoms with Crippen LogP contribution in [-0.2, 0) is 17.7 Å². The second-order valence-corrected chi connectivity index (χ2v) is 6.34. The number of aromatic nitrogens is 2. The van der Waals surface area contributed by atoms with E-state index in [0.717, 1.165) is 23.5 Å². The molecule has 1 unspecified atom stereocenters. The molecule has 0 amide bonds. The van der Waals surface area contributed by atoms with Crippen molar-refractivity contribution in [3.63, 3.8) is 0 Å². The van der Waals surface area contributed by atoms with E-state index in [4.69, 9.17) is 16.3 Å². The molecule has 1 aromatic carbocycles. The van der Waals surface area contributed by atoms with E-state index >= 15 is 0 Å². The highest BCUT2D eigenvalue weighted by atomic mass is 35.5. The fourth-order valence-electron chi connectivity index (χ4n) is 3.09. The first-order chi connectivity index (χ1) is 11.3. The summed E-state index contributed by atoms with van der Waals surface area (Å²) in [6, 6.07) is 8.27. The zero-order chi connectivity index (χ0) is 16.1. The minimum absolute atomic E-state index is 0.152. The van der Waals surface area contributed by atoms with Crippen LogP contribution in [0.5, 0.6) is 0 Å². The minimum atomic E-state index is -0.152. The zero-order valence-corrected chi connectivity index (χ0v) is 14.4. The molecule has 1 atom stereocenters. The molecule has 0 bridgehead atoms. The second kappa shape index (κ2) is 7.95. The Morgan fingerprint density at radius 2 is 2.13 bits per heavy atom. The van der Waals surface area contributed by atoms with E-state index in [1.165, 1.54) is 25.9 Å². The highest BCUT2D eigenvalue weighted by Gasteiger charge is 2.20. The molecule has 2 heterocycles. The van der Waals surface area contributed by atoms with Gasteiger partial charge in [0.25, 0.3) is 0 Å². The van der Waals surface area contributed by atoms with Crippen molar-refractivity contribution in [3.05, 3.63) is 53.6 Å². The molecule has 1 fully saturated rings. The maximum Gasteiger partial charge on any atom is 0.142 e. The molecule has 1 saturated heterocycles. The number of alkyl halides is 1. The van der Waals surface area contributed by atoms with Gasteiger partial charge in [-0.25, -0.2) is 4.98 Å². The van der Waals surface area contributed by atoms with E-state index in [1.54, 1.807) is 0 Å². The lowest BCUT2D eigenvalue weighted by Crippen LogP contribution is -2.25. The van der Waals surface area contributed by atoms with E-state index in [0.29, 0.717) is 12.5 Å². The Labute approximate surface area is 143 Å². The van der Waals surface area contributed by atoms with Gasteiger partial charge < -0.3 is 14.2 Å². The minimum Gasteiger partial charge on any atom is -0.364 e. The van der Waals surface area contributed by atoms with Crippen LogP contribution in [0, 0.1) is 0 Å². The van der Waals surface area contributed by atoms with Gasteiger partial charge in [-0.2, -0.15) is 0 Å². The number of hydrogen-bond acceptors (Lipinski definition) is 3. The molecule has 0 saturated carbocycles. The lowest BCUT2D eigenvalue weighted by molar-refractivity contribution is 0.0578. The molecule has 124 valence electrons. The summed E-state index contributed by atoms with van der Waals surface area (Å²) >= 11 is 5.98. The predicted molar refractivity (Wildman–Crippen MR) is 92.7 cm³/mol. The molecular formula is C18H24ClN3O. The van der Waals surface area contributed by atoms with Gasteiger partial charge in [-0.15, -0.1) is 11.6 Å². The number of hydrogen-bond donors (Lipinski definition) is 0. The summed E-state index contributed by atoms with van der Waals surface area (Å²) in [5, 5.41) is 0. The first kappa shape index (κ1) is 16.5. The topological polar surface area (TPSA) is 30.3 Å². The molecule has 1 aromatic heterocycles. The fraction of sp³-hybridized carbons (Fsp3) is 0.500. The average Bonchev–Trinajstić information content (AvgIpc) is 3.23. The quantitative estimate of drug-likeness (QED) is 0.728. The summed E-state index contributed by atoms with van der Waals surface area (Å²) in [7, 11) is 2.00. The SMILES string of the molecule is Cn1ccnc1C(OCCN1CCCC1)c1cccc(CCl)c1. The normalized spacial score (nSPS) is 16.8. The van der Waals surface area contributed by atoms with Crippen molar-refractivity contribution in [2.24, 2.45) is 7.05 Å². The third kappa shape index (κ3) is 4.14. The molecule has 4 nitrogen and oxygen atoms in total. The van der Waals surface area contributed by atoms with E-state index in [9.17, 15) is 0 Å². The third-order valence-electron chi connectivity index (χ3n) is 4.39. The molecule has 1 aliphatic rings. The maximum atomic E-state index is 6.25. The van der Waals surface area contributed by atoms with E-state index in [1.807, 2.05) is 36.1 Å². The number of aryl methyl sites for hydroxylation is 1. The van der Waals surface area contributed by atoms with Crippen LogP contribution in [0.1, 0.15) is 35.9 Å². The average molecular weight is 334 g/mol. The third-order valence-corrected chi connectivity index (χ3v) is 4.70. The first-order valence-corrected chi connectivity index (χ1v) is 8.77. The van der Waals surface area contributed by atoms with Crippen LogP contribution in [0.15, 0.2) is 36.7 Å². The molecule has 0 N–H and O–H groups in total. The summed E-state index contributed by atoms with van der Waals surface area (Å²) < 4.78 is 8.27. The van der Waals surface area contributed by atoms with E-state index < -0.39 is 0 Å². The van der Waals surface area contributed by atoms with Gasteiger partial charge in [0.05, 0.1) is 6.61 Å². The number of likely N-dealkylation sites (tertiary alicyclic amines) is 1. The van der Waals surface area contributed by atoms with Gasteiger partial charge in [-0.3, -0.25) is 0 Å². The van der Waals surface area contributed by atoms with E-state index in [2.05, 4.69) is 22.0 Å². The fourth-order valence-corrected chi connectivity index (χ4v) is 3.26. The summed E-state index contributed by atoms with van der Waals surface area (Å²) in [6.45, 7) is 4.08. The van der Waals surface area contributed by atoms with Gasteiger partial charge in [0, 0.05) is 31.9 Å². The molecule has 0 spiro atoms. The summed E-state index contributed by atoms with van der Waals surface area (Å²) in [5.74, 6) is 1.44. The molecule has 23 heavy (non-hydrogen) atoms. The molecule has 5 heteroatoms. The Bertz CT molecular complexity index is 622. The van der Waals surface area contributed by atoms with Gasteiger partial charge in [-0.05, 0) is 37.1 Å². The van der Waals surface area contributed by atoms with Gasteiger partial charge in [0.2, 0.25) is 0 Å². The molecular weight excluding hydrogens is 310 g/mol. The van der Waals surface area contributed by atoms with Crippen molar-refractivity contribution in [2.75, 3.05) is 26.2 Å². The van der Waals surface area contributed by atoms with Crippen LogP contribution in [-0.4, -0.2) is 40.7 Å². The van der Waals surface area contributed by atoms with Gasteiger partial charge in [-0.1, -0.05) is 24.3 Å². The second-order valence-electron chi connectivity index (χ2n) is 6.07. The molecule has 2 aromatic rings. The molecule has 0 aliphatic carbocycles. The van der Waals surface area contributed by atoms with Gasteiger partial charge in [0.15, 0.2) is 0 Å².